The summed E-state index contributed by atoms with van der Waals surface area (Å²) in [6.45, 7) is 1.39. The Bertz CT molecular complexity index is 1410. The van der Waals surface area contributed by atoms with Crippen LogP contribution in [0.4, 0.5) is 4.39 Å². The van der Waals surface area contributed by atoms with Gasteiger partial charge in [0.2, 0.25) is 18.0 Å². The average Bonchev–Trinajstić information content (AvgIpc) is 3.53. The van der Waals surface area contributed by atoms with Crippen molar-refractivity contribution in [3.05, 3.63) is 90.2 Å². The number of aromatic nitrogens is 3. The minimum atomic E-state index is -0.823. The van der Waals surface area contributed by atoms with Crippen LogP contribution in [0.5, 0.6) is 5.75 Å². The molecule has 5 rings (SSSR count). The van der Waals surface area contributed by atoms with Crippen molar-refractivity contribution in [3.63, 3.8) is 0 Å². The lowest BCUT2D eigenvalue weighted by atomic mass is 10.2. The van der Waals surface area contributed by atoms with Gasteiger partial charge in [0.15, 0.2) is 11.0 Å². The van der Waals surface area contributed by atoms with Crippen molar-refractivity contribution >= 4 is 23.6 Å². The number of hydrogen-bond acceptors (Lipinski definition) is 7. The fraction of sp³-hybridized carbons (Fsp3) is 0.154. The first-order chi connectivity index (χ1) is 17.5. The molecular weight excluding hydrogens is 481 g/mol. The molecule has 1 aliphatic heterocycles. The third-order valence-electron chi connectivity index (χ3n) is 5.47. The monoisotopic (exact) mass is 503 g/mol. The summed E-state index contributed by atoms with van der Waals surface area (Å²) < 4.78 is 27.0. The van der Waals surface area contributed by atoms with Crippen molar-refractivity contribution in [3.8, 4) is 22.8 Å². The van der Waals surface area contributed by atoms with E-state index in [9.17, 15) is 9.18 Å². The van der Waals surface area contributed by atoms with Gasteiger partial charge in [-0.3, -0.25) is 9.36 Å². The first kappa shape index (κ1) is 23.6. The smallest absolute Gasteiger partial charge is 0.243 e. The van der Waals surface area contributed by atoms with Gasteiger partial charge in [0.1, 0.15) is 11.6 Å². The van der Waals surface area contributed by atoms with E-state index in [4.69, 9.17) is 9.47 Å². The Labute approximate surface area is 211 Å². The number of carbonyl (C=O) groups excluding carboxylic acids is 1. The molecule has 0 bridgehead atoms. The van der Waals surface area contributed by atoms with Crippen LogP contribution < -0.4 is 4.74 Å². The van der Waals surface area contributed by atoms with Crippen LogP contribution in [0.15, 0.2) is 89.1 Å². The summed E-state index contributed by atoms with van der Waals surface area (Å²) in [5.41, 5.74) is 2.28. The van der Waals surface area contributed by atoms with Gasteiger partial charge in [-0.15, -0.1) is 15.3 Å². The summed E-state index contributed by atoms with van der Waals surface area (Å²) in [5, 5.41) is 15.0. The van der Waals surface area contributed by atoms with E-state index in [1.807, 2.05) is 59.2 Å². The van der Waals surface area contributed by atoms with E-state index in [0.29, 0.717) is 28.2 Å². The van der Waals surface area contributed by atoms with Crippen molar-refractivity contribution < 1.29 is 18.7 Å². The molecule has 0 radical (unpaired) electrons. The molecular formula is C26H22FN5O3S. The van der Waals surface area contributed by atoms with Gasteiger partial charge in [-0.25, -0.2) is 4.39 Å². The fourth-order valence-electron chi connectivity index (χ4n) is 3.77. The first-order valence-electron chi connectivity index (χ1n) is 11.1. The third kappa shape index (κ3) is 4.80. The molecule has 0 fully saturated rings. The summed E-state index contributed by atoms with van der Waals surface area (Å²) in [4.78, 5) is 12.2. The van der Waals surface area contributed by atoms with Crippen LogP contribution in [0.2, 0.25) is 0 Å². The molecule has 0 saturated carbocycles. The van der Waals surface area contributed by atoms with Gasteiger partial charge in [0.05, 0.1) is 12.9 Å². The predicted octanol–water partition coefficient (Wildman–Crippen LogP) is 5.07. The Morgan fingerprint density at radius 3 is 2.53 bits per heavy atom. The van der Waals surface area contributed by atoms with Crippen molar-refractivity contribution in [2.45, 2.75) is 18.3 Å². The number of hydrazone groups is 1. The van der Waals surface area contributed by atoms with E-state index in [1.165, 1.54) is 35.8 Å². The van der Waals surface area contributed by atoms with Crippen molar-refractivity contribution in [1.29, 1.82) is 0 Å². The number of thioether (sulfide) groups is 1. The van der Waals surface area contributed by atoms with Crippen molar-refractivity contribution in [2.75, 3.05) is 12.9 Å². The maximum Gasteiger partial charge on any atom is 0.243 e. The molecule has 1 atom stereocenters. The molecule has 0 spiro atoms. The quantitative estimate of drug-likeness (QED) is 0.328. The summed E-state index contributed by atoms with van der Waals surface area (Å²) in [6, 6.07) is 23.3. The van der Waals surface area contributed by atoms with E-state index >= 15 is 0 Å². The van der Waals surface area contributed by atoms with Crippen LogP contribution in [0.1, 0.15) is 18.7 Å². The number of amides is 1. The SMILES string of the molecule is COc1ccc(-c2nnc(SCC3=NN(C(C)=O)C(c4cccc(F)c4)O3)n2-c2ccccc2)cc1. The maximum absolute atomic E-state index is 13.8. The highest BCUT2D eigenvalue weighted by atomic mass is 32.2. The molecule has 1 unspecified atom stereocenters. The summed E-state index contributed by atoms with van der Waals surface area (Å²) in [5.74, 6) is 1.33. The number of rotatable bonds is 7. The van der Waals surface area contributed by atoms with Crippen LogP contribution in [0, 0.1) is 5.82 Å². The standard InChI is InChI=1S/C26H22FN5O3S/c1-17(33)32-25(19-7-6-8-20(27)15-19)35-23(30-32)16-36-26-29-28-24(18-11-13-22(34-2)14-12-18)31(26)21-9-4-3-5-10-21/h3-15,25H,16H2,1-2H3. The topological polar surface area (TPSA) is 81.8 Å². The lowest BCUT2D eigenvalue weighted by Crippen LogP contribution is -2.25. The number of carbonyl (C=O) groups is 1. The van der Waals surface area contributed by atoms with Crippen LogP contribution in [0.3, 0.4) is 0 Å². The van der Waals surface area contributed by atoms with E-state index < -0.39 is 12.0 Å². The van der Waals surface area contributed by atoms with Crippen molar-refractivity contribution in [1.82, 2.24) is 19.8 Å². The lowest BCUT2D eigenvalue weighted by Gasteiger charge is -2.19. The molecule has 0 aliphatic carbocycles. The number of ether oxygens (including phenoxy) is 2. The second-order valence-electron chi connectivity index (χ2n) is 7.88. The first-order valence-corrected chi connectivity index (χ1v) is 12.1. The Morgan fingerprint density at radius 1 is 1.06 bits per heavy atom. The molecule has 0 N–H and O–H groups in total. The van der Waals surface area contributed by atoms with Crippen LogP contribution in [0.25, 0.3) is 17.1 Å². The highest BCUT2D eigenvalue weighted by Gasteiger charge is 2.33. The second kappa shape index (κ2) is 10.2. The fourth-order valence-corrected chi connectivity index (χ4v) is 4.57. The zero-order chi connectivity index (χ0) is 25.1. The Hall–Kier alpha value is -4.18. The van der Waals surface area contributed by atoms with Crippen molar-refractivity contribution in [2.24, 2.45) is 5.10 Å². The number of halogens is 1. The summed E-state index contributed by atoms with van der Waals surface area (Å²) in [7, 11) is 1.62. The van der Waals surface area contributed by atoms with E-state index in [2.05, 4.69) is 15.3 Å². The largest absolute Gasteiger partial charge is 0.497 e. The molecule has 10 heteroatoms. The average molecular weight is 504 g/mol. The molecule has 1 aliphatic rings. The zero-order valence-corrected chi connectivity index (χ0v) is 20.4. The number of nitrogens with zero attached hydrogens (tertiary/aromatic N) is 5. The van der Waals surface area contributed by atoms with E-state index in [-0.39, 0.29) is 5.91 Å². The van der Waals surface area contributed by atoms with Gasteiger partial charge >= 0.3 is 0 Å². The number of hydrogen-bond donors (Lipinski definition) is 0. The minimum Gasteiger partial charge on any atom is -0.497 e. The highest BCUT2D eigenvalue weighted by Crippen LogP contribution is 2.32. The number of benzene rings is 3. The van der Waals surface area contributed by atoms with Crippen LogP contribution in [-0.4, -0.2) is 44.4 Å². The Balaban J connectivity index is 1.42. The summed E-state index contributed by atoms with van der Waals surface area (Å²) in [6.07, 6.45) is -0.823. The molecule has 0 saturated heterocycles. The number of para-hydroxylation sites is 1. The van der Waals surface area contributed by atoms with Crippen LogP contribution >= 0.6 is 11.8 Å². The normalized spacial score (nSPS) is 14.9. The van der Waals surface area contributed by atoms with Gasteiger partial charge in [0, 0.05) is 23.7 Å². The minimum absolute atomic E-state index is 0.295. The molecule has 36 heavy (non-hydrogen) atoms. The lowest BCUT2D eigenvalue weighted by molar-refractivity contribution is -0.135. The van der Waals surface area contributed by atoms with Gasteiger partial charge in [-0.05, 0) is 48.5 Å². The molecule has 182 valence electrons. The maximum atomic E-state index is 13.8. The van der Waals surface area contributed by atoms with Gasteiger partial charge < -0.3 is 9.47 Å². The van der Waals surface area contributed by atoms with E-state index in [0.717, 1.165) is 17.0 Å². The Morgan fingerprint density at radius 2 is 1.83 bits per heavy atom. The molecule has 1 aromatic heterocycles. The molecule has 8 nitrogen and oxygen atoms in total. The summed E-state index contributed by atoms with van der Waals surface area (Å²) >= 11 is 1.37. The predicted molar refractivity (Wildman–Crippen MR) is 134 cm³/mol. The van der Waals surface area contributed by atoms with Gasteiger partial charge in [-0.1, -0.05) is 42.1 Å². The van der Waals surface area contributed by atoms with Crippen LogP contribution in [-0.2, 0) is 9.53 Å². The molecule has 2 heterocycles. The molecule has 1 amide bonds. The van der Waals surface area contributed by atoms with E-state index in [1.54, 1.807) is 19.2 Å². The molecule has 4 aromatic rings. The van der Waals surface area contributed by atoms with Gasteiger partial charge in [0.25, 0.3) is 0 Å². The third-order valence-corrected chi connectivity index (χ3v) is 6.38. The highest BCUT2D eigenvalue weighted by molar-refractivity contribution is 7.99. The second-order valence-corrected chi connectivity index (χ2v) is 8.82. The Kier molecular flexibility index (Phi) is 6.68. The van der Waals surface area contributed by atoms with Gasteiger partial charge in [-0.2, -0.15) is 5.01 Å². The number of methoxy groups -OCH3 is 1. The zero-order valence-electron chi connectivity index (χ0n) is 19.5. The molecule has 3 aromatic carbocycles.